The highest BCUT2D eigenvalue weighted by Gasteiger charge is 2.10. The number of rotatable bonds is 9. The highest BCUT2D eigenvalue weighted by Crippen LogP contribution is 2.12. The molecule has 0 fully saturated rings. The van der Waals surface area contributed by atoms with E-state index in [1.807, 2.05) is 0 Å². The Hall–Kier alpha value is -2.12. The van der Waals surface area contributed by atoms with E-state index < -0.39 is 10.0 Å². The molecule has 130 valence electrons. The van der Waals surface area contributed by atoms with Crippen molar-refractivity contribution in [3.05, 3.63) is 59.9 Å². The van der Waals surface area contributed by atoms with Gasteiger partial charge in [-0.3, -0.25) is 0 Å². The molecule has 0 aliphatic heterocycles. The predicted molar refractivity (Wildman–Crippen MR) is 90.1 cm³/mol. The quantitative estimate of drug-likeness (QED) is 0.704. The number of methoxy groups -OCH3 is 1. The van der Waals surface area contributed by atoms with Gasteiger partial charge in [0.1, 0.15) is 17.3 Å². The molecule has 0 amide bonds. The van der Waals surface area contributed by atoms with Gasteiger partial charge in [-0.05, 0) is 48.4 Å². The Morgan fingerprint density at radius 3 is 2.25 bits per heavy atom. The lowest BCUT2D eigenvalue weighted by molar-refractivity contribution is 0.317. The van der Waals surface area contributed by atoms with E-state index in [-0.39, 0.29) is 24.7 Å². The summed E-state index contributed by atoms with van der Waals surface area (Å²) in [6.07, 6.45) is 0.343. The zero-order valence-electron chi connectivity index (χ0n) is 13.4. The lowest BCUT2D eigenvalue weighted by Gasteiger charge is -2.09. The summed E-state index contributed by atoms with van der Waals surface area (Å²) in [6.45, 7) is 0.472. The number of halogens is 1. The molecule has 2 rings (SSSR count). The Bertz CT molecular complexity index is 730. The van der Waals surface area contributed by atoms with Crippen molar-refractivity contribution in [1.82, 2.24) is 4.72 Å². The molecule has 1 N–H and O–H groups in total. The van der Waals surface area contributed by atoms with Crippen molar-refractivity contribution in [2.45, 2.75) is 13.0 Å². The number of ether oxygens (including phenoxy) is 2. The minimum Gasteiger partial charge on any atom is -0.497 e. The largest absolute Gasteiger partial charge is 0.497 e. The normalized spacial score (nSPS) is 11.2. The Morgan fingerprint density at radius 2 is 1.62 bits per heavy atom. The fraction of sp³-hybridized carbons (Fsp3) is 0.294. The molecule has 7 heteroatoms. The molecule has 0 bridgehead atoms. The Labute approximate surface area is 141 Å². The summed E-state index contributed by atoms with van der Waals surface area (Å²) in [5, 5.41) is 0. The van der Waals surface area contributed by atoms with Crippen LogP contribution in [0.15, 0.2) is 48.5 Å². The second kappa shape index (κ2) is 8.65. The van der Waals surface area contributed by atoms with Gasteiger partial charge in [0, 0.05) is 6.54 Å². The average Bonchev–Trinajstić information content (AvgIpc) is 2.59. The highest BCUT2D eigenvalue weighted by atomic mass is 32.2. The third kappa shape index (κ3) is 6.17. The molecule has 0 saturated heterocycles. The van der Waals surface area contributed by atoms with Crippen molar-refractivity contribution in [3.63, 3.8) is 0 Å². The van der Waals surface area contributed by atoms with Crippen molar-refractivity contribution >= 4 is 10.0 Å². The first kappa shape index (κ1) is 18.2. The molecular weight excluding hydrogens is 333 g/mol. The molecular formula is C17H20FNO4S. The third-order valence-electron chi connectivity index (χ3n) is 3.30. The summed E-state index contributed by atoms with van der Waals surface area (Å²) in [6, 6.07) is 12.8. The van der Waals surface area contributed by atoms with E-state index in [4.69, 9.17) is 9.47 Å². The molecule has 0 atom stereocenters. The van der Waals surface area contributed by atoms with Crippen molar-refractivity contribution in [3.8, 4) is 11.5 Å². The van der Waals surface area contributed by atoms with Gasteiger partial charge in [0.15, 0.2) is 0 Å². The van der Waals surface area contributed by atoms with Crippen molar-refractivity contribution < 1.29 is 22.3 Å². The molecule has 0 unspecified atom stereocenters. The van der Waals surface area contributed by atoms with Crippen LogP contribution in [0, 0.1) is 5.82 Å². The van der Waals surface area contributed by atoms with E-state index in [1.165, 1.54) is 24.3 Å². The lowest BCUT2D eigenvalue weighted by atomic mass is 10.2. The summed E-state index contributed by atoms with van der Waals surface area (Å²) in [5.41, 5.74) is 0.849. The Balaban J connectivity index is 1.71. The molecule has 2 aromatic rings. The van der Waals surface area contributed by atoms with Crippen molar-refractivity contribution in [1.29, 1.82) is 0 Å². The molecule has 0 radical (unpaired) electrons. The van der Waals surface area contributed by atoms with Crippen LogP contribution >= 0.6 is 0 Å². The molecule has 0 aliphatic rings. The van der Waals surface area contributed by atoms with Crippen LogP contribution in [0.25, 0.3) is 0 Å². The van der Waals surface area contributed by atoms with E-state index in [2.05, 4.69) is 4.72 Å². The Morgan fingerprint density at radius 1 is 1.00 bits per heavy atom. The van der Waals surface area contributed by atoms with Crippen molar-refractivity contribution in [2.24, 2.45) is 0 Å². The van der Waals surface area contributed by atoms with Crippen LogP contribution in [-0.2, 0) is 16.6 Å². The molecule has 0 saturated carbocycles. The summed E-state index contributed by atoms with van der Waals surface area (Å²) >= 11 is 0. The molecule has 5 nitrogen and oxygen atoms in total. The second-order valence-corrected chi connectivity index (χ2v) is 7.07. The lowest BCUT2D eigenvalue weighted by Crippen LogP contribution is -2.26. The summed E-state index contributed by atoms with van der Waals surface area (Å²) in [7, 11) is -1.80. The Kier molecular flexibility index (Phi) is 6.57. The third-order valence-corrected chi connectivity index (χ3v) is 4.71. The molecule has 0 aliphatic carbocycles. The van der Waals surface area contributed by atoms with Crippen LogP contribution in [0.1, 0.15) is 12.0 Å². The highest BCUT2D eigenvalue weighted by molar-refractivity contribution is 7.89. The topological polar surface area (TPSA) is 64.6 Å². The maximum absolute atomic E-state index is 12.7. The van der Waals surface area contributed by atoms with Crippen LogP contribution in [0.3, 0.4) is 0 Å². The predicted octanol–water partition coefficient (Wildman–Crippen LogP) is 2.72. The number of nitrogens with one attached hydrogen (secondary N) is 1. The maximum atomic E-state index is 12.7. The van der Waals surface area contributed by atoms with Gasteiger partial charge in [0.25, 0.3) is 0 Å². The first-order valence-electron chi connectivity index (χ1n) is 7.47. The van der Waals surface area contributed by atoms with Crippen LogP contribution in [0.2, 0.25) is 0 Å². The zero-order chi connectivity index (χ0) is 17.4. The van der Waals surface area contributed by atoms with Crippen molar-refractivity contribution in [2.75, 3.05) is 19.5 Å². The van der Waals surface area contributed by atoms with Gasteiger partial charge in [0.2, 0.25) is 10.0 Å². The molecule has 24 heavy (non-hydrogen) atoms. The SMILES string of the molecule is COc1ccc(CNS(=O)(=O)CCCOc2ccc(F)cc2)cc1. The number of sulfonamides is 1. The minimum absolute atomic E-state index is 0.0374. The van der Waals surface area contributed by atoms with E-state index in [0.717, 1.165) is 11.3 Å². The zero-order valence-corrected chi connectivity index (χ0v) is 14.2. The van der Waals surface area contributed by atoms with Crippen LogP contribution in [0.5, 0.6) is 11.5 Å². The minimum atomic E-state index is -3.38. The van der Waals surface area contributed by atoms with E-state index in [0.29, 0.717) is 12.2 Å². The van der Waals surface area contributed by atoms with Gasteiger partial charge < -0.3 is 9.47 Å². The fourth-order valence-corrected chi connectivity index (χ4v) is 3.01. The van der Waals surface area contributed by atoms with Crippen LogP contribution < -0.4 is 14.2 Å². The van der Waals surface area contributed by atoms with E-state index >= 15 is 0 Å². The molecule has 0 spiro atoms. The first-order valence-corrected chi connectivity index (χ1v) is 9.12. The monoisotopic (exact) mass is 353 g/mol. The molecule has 0 heterocycles. The van der Waals surface area contributed by atoms with Crippen LogP contribution in [0.4, 0.5) is 4.39 Å². The van der Waals surface area contributed by atoms with Gasteiger partial charge in [-0.15, -0.1) is 0 Å². The smallest absolute Gasteiger partial charge is 0.212 e. The van der Waals surface area contributed by atoms with E-state index in [1.54, 1.807) is 31.4 Å². The standard InChI is InChI=1S/C17H20FNO4S/c1-22-16-7-3-14(4-8-16)13-19-24(20,21)12-2-11-23-17-9-5-15(18)6-10-17/h3-10,19H,2,11-13H2,1H3. The van der Waals surface area contributed by atoms with Gasteiger partial charge >= 0.3 is 0 Å². The fourth-order valence-electron chi connectivity index (χ4n) is 1.98. The van der Waals surface area contributed by atoms with Gasteiger partial charge in [-0.25, -0.2) is 17.5 Å². The summed E-state index contributed by atoms with van der Waals surface area (Å²) in [5.74, 6) is 0.858. The van der Waals surface area contributed by atoms with Gasteiger partial charge in [-0.1, -0.05) is 12.1 Å². The van der Waals surface area contributed by atoms with Gasteiger partial charge in [0.05, 0.1) is 19.5 Å². The number of benzene rings is 2. The number of hydrogen-bond donors (Lipinski definition) is 1. The first-order chi connectivity index (χ1) is 11.5. The molecule has 2 aromatic carbocycles. The average molecular weight is 353 g/mol. The number of hydrogen-bond acceptors (Lipinski definition) is 4. The summed E-state index contributed by atoms with van der Waals surface area (Å²) in [4.78, 5) is 0. The molecule has 0 aromatic heterocycles. The van der Waals surface area contributed by atoms with Crippen LogP contribution in [-0.4, -0.2) is 27.9 Å². The maximum Gasteiger partial charge on any atom is 0.212 e. The second-order valence-electron chi connectivity index (χ2n) is 5.14. The van der Waals surface area contributed by atoms with E-state index in [9.17, 15) is 12.8 Å². The summed E-state index contributed by atoms with van der Waals surface area (Å²) < 4.78 is 49.6. The van der Waals surface area contributed by atoms with Gasteiger partial charge in [-0.2, -0.15) is 0 Å².